The van der Waals surface area contributed by atoms with Gasteiger partial charge in [-0.2, -0.15) is 6.07 Å². The van der Waals surface area contributed by atoms with E-state index in [9.17, 15) is 4.39 Å². The van der Waals surface area contributed by atoms with Crippen molar-refractivity contribution in [3.63, 3.8) is 0 Å². The van der Waals surface area contributed by atoms with Crippen LogP contribution in [0.5, 0.6) is 0 Å². The summed E-state index contributed by atoms with van der Waals surface area (Å²) < 4.78 is 13.3. The topological polar surface area (TPSA) is 12.9 Å². The molecule has 0 aliphatic carbocycles. The van der Waals surface area contributed by atoms with Gasteiger partial charge < -0.3 is 4.98 Å². The summed E-state index contributed by atoms with van der Waals surface area (Å²) in [6.07, 6.45) is 2.59. The molecule has 1 aromatic rings. The first-order valence-corrected chi connectivity index (χ1v) is 7.53. The molecule has 0 aliphatic rings. The number of rotatable bonds is 1. The normalized spacial score (nSPS) is 10.8. The molecule has 5 heteroatoms. The van der Waals surface area contributed by atoms with Crippen LogP contribution in [-0.2, 0) is 0 Å². The Labute approximate surface area is 95.9 Å². The summed E-state index contributed by atoms with van der Waals surface area (Å²) in [5, 5.41) is 0.609. The fourth-order valence-corrected chi connectivity index (χ4v) is 2.43. The third kappa shape index (κ3) is 3.10. The average Bonchev–Trinajstić information content (AvgIpc) is 1.92. The van der Waals surface area contributed by atoms with Crippen molar-refractivity contribution in [2.24, 2.45) is 0 Å². The van der Waals surface area contributed by atoms with Crippen LogP contribution < -0.4 is 24.0 Å². The number of halogens is 2. The maximum atomic E-state index is 13.3. The molecule has 0 N–H and O–H groups in total. The van der Waals surface area contributed by atoms with Gasteiger partial charge in [-0.3, -0.25) is 0 Å². The Morgan fingerprint density at radius 2 is 2.00 bits per heavy atom. The van der Waals surface area contributed by atoms with Gasteiger partial charge in [0.15, 0.2) is 0 Å². The van der Waals surface area contributed by atoms with Gasteiger partial charge in [0.2, 0.25) is 0 Å². The van der Waals surface area contributed by atoms with Crippen molar-refractivity contribution in [3.05, 3.63) is 23.2 Å². The second-order valence-electron chi connectivity index (χ2n) is 3.65. The van der Waals surface area contributed by atoms with Crippen molar-refractivity contribution in [2.75, 3.05) is 0 Å². The van der Waals surface area contributed by atoms with Crippen LogP contribution in [0.1, 0.15) is 0 Å². The standard InChI is InChI=1S/C8H10ClFNSi.Li/c1-12(2,3)6-4-5-11-8(9)7(6)10;/h4H,1-3H3;/q-1;+1. The second-order valence-corrected chi connectivity index (χ2v) is 9.05. The molecule has 0 radical (unpaired) electrons. The van der Waals surface area contributed by atoms with Crippen LogP contribution in [0.2, 0.25) is 24.8 Å². The predicted molar refractivity (Wildman–Crippen MR) is 51.0 cm³/mol. The SMILES string of the molecule is C[Si](C)(C)c1c[c-]nc(Cl)c1F.[Li+]. The molecule has 66 valence electrons. The molecule has 0 unspecified atom stereocenters. The summed E-state index contributed by atoms with van der Waals surface area (Å²) >= 11 is 5.52. The summed E-state index contributed by atoms with van der Waals surface area (Å²) in [4.78, 5) is 3.54. The van der Waals surface area contributed by atoms with Crippen molar-refractivity contribution in [2.45, 2.75) is 19.6 Å². The Morgan fingerprint density at radius 3 is 2.38 bits per heavy atom. The van der Waals surface area contributed by atoms with Crippen LogP contribution in [-0.4, -0.2) is 13.1 Å². The van der Waals surface area contributed by atoms with Gasteiger partial charge in [0.1, 0.15) is 0 Å². The predicted octanol–water partition coefficient (Wildman–Crippen LogP) is -0.777. The zero-order valence-corrected chi connectivity index (χ0v) is 10.0. The van der Waals surface area contributed by atoms with Gasteiger partial charge in [0, 0.05) is 13.2 Å². The van der Waals surface area contributed by atoms with Crippen LogP contribution in [0.3, 0.4) is 0 Å². The van der Waals surface area contributed by atoms with Crippen LogP contribution in [0, 0.1) is 12.0 Å². The fourth-order valence-electron chi connectivity index (χ4n) is 0.923. The molecular formula is C8H10ClFLiNSi. The summed E-state index contributed by atoms with van der Waals surface area (Å²) in [5.41, 5.74) is 0. The summed E-state index contributed by atoms with van der Waals surface area (Å²) in [7, 11) is -1.64. The van der Waals surface area contributed by atoms with Gasteiger partial charge in [0.25, 0.3) is 0 Å². The molecule has 0 amide bonds. The van der Waals surface area contributed by atoms with Gasteiger partial charge in [-0.05, 0) is 0 Å². The summed E-state index contributed by atoms with van der Waals surface area (Å²) in [5.74, 6) is -0.380. The van der Waals surface area contributed by atoms with E-state index in [0.29, 0.717) is 5.19 Å². The third-order valence-corrected chi connectivity index (χ3v) is 3.83. The maximum absolute atomic E-state index is 13.3. The number of pyridine rings is 1. The molecule has 1 nitrogen and oxygen atoms in total. The Morgan fingerprint density at radius 1 is 1.46 bits per heavy atom. The first-order valence-electron chi connectivity index (χ1n) is 3.65. The minimum atomic E-state index is -1.64. The number of aromatic nitrogens is 1. The van der Waals surface area contributed by atoms with Crippen LogP contribution >= 0.6 is 11.6 Å². The quantitative estimate of drug-likeness (QED) is 0.336. The number of hydrogen-bond donors (Lipinski definition) is 0. The van der Waals surface area contributed by atoms with E-state index in [1.165, 1.54) is 0 Å². The van der Waals surface area contributed by atoms with E-state index >= 15 is 0 Å². The van der Waals surface area contributed by atoms with Crippen molar-refractivity contribution >= 4 is 24.9 Å². The van der Waals surface area contributed by atoms with Gasteiger partial charge in [-0.25, -0.2) is 4.39 Å². The van der Waals surface area contributed by atoms with Gasteiger partial charge >= 0.3 is 18.9 Å². The number of nitrogens with zero attached hydrogens (tertiary/aromatic N) is 1. The second kappa shape index (κ2) is 4.61. The van der Waals surface area contributed by atoms with Crippen molar-refractivity contribution in [3.8, 4) is 0 Å². The Bertz CT molecular complexity index is 301. The molecule has 0 aliphatic heterocycles. The minimum absolute atomic E-state index is 0. The minimum Gasteiger partial charge on any atom is -0.373 e. The summed E-state index contributed by atoms with van der Waals surface area (Å²) in [6, 6.07) is 1.59. The van der Waals surface area contributed by atoms with E-state index in [2.05, 4.69) is 30.8 Å². The average molecular weight is 210 g/mol. The molecule has 0 bridgehead atoms. The Hall–Kier alpha value is 0.184. The summed E-state index contributed by atoms with van der Waals surface area (Å²) in [6.45, 7) is 6.15. The zero-order chi connectivity index (χ0) is 9.35. The third-order valence-electron chi connectivity index (χ3n) is 1.60. The van der Waals surface area contributed by atoms with E-state index in [0.717, 1.165) is 0 Å². The molecule has 0 saturated carbocycles. The molecular weight excluding hydrogens is 200 g/mol. The van der Waals surface area contributed by atoms with Crippen LogP contribution in [0.4, 0.5) is 4.39 Å². The molecule has 13 heavy (non-hydrogen) atoms. The van der Waals surface area contributed by atoms with E-state index in [1.807, 2.05) is 0 Å². The van der Waals surface area contributed by atoms with Gasteiger partial charge in [0.05, 0.1) is 5.82 Å². The maximum Gasteiger partial charge on any atom is 1.00 e. The monoisotopic (exact) mass is 209 g/mol. The molecule has 0 spiro atoms. The Balaban J connectivity index is 0.00000144. The first kappa shape index (κ1) is 13.2. The van der Waals surface area contributed by atoms with Crippen LogP contribution in [0.15, 0.2) is 6.07 Å². The van der Waals surface area contributed by atoms with Crippen molar-refractivity contribution < 1.29 is 23.3 Å². The number of hydrogen-bond acceptors (Lipinski definition) is 1. The largest absolute Gasteiger partial charge is 1.00 e. The molecule has 0 atom stereocenters. The molecule has 0 saturated heterocycles. The van der Waals surface area contributed by atoms with Gasteiger partial charge in [-0.1, -0.05) is 25.8 Å². The zero-order valence-electron chi connectivity index (χ0n) is 8.28. The molecule has 1 aromatic heterocycles. The van der Waals surface area contributed by atoms with E-state index in [-0.39, 0.29) is 29.8 Å². The van der Waals surface area contributed by atoms with Gasteiger partial charge in [-0.15, -0.1) is 16.8 Å². The fraction of sp³-hybridized carbons (Fsp3) is 0.375. The molecule has 0 aromatic carbocycles. The van der Waals surface area contributed by atoms with Crippen molar-refractivity contribution in [1.29, 1.82) is 0 Å². The molecule has 1 rings (SSSR count). The van der Waals surface area contributed by atoms with E-state index < -0.39 is 8.07 Å². The van der Waals surface area contributed by atoms with Crippen LogP contribution in [0.25, 0.3) is 0 Å². The molecule has 0 fully saturated rings. The van der Waals surface area contributed by atoms with E-state index in [4.69, 9.17) is 11.6 Å². The van der Waals surface area contributed by atoms with E-state index in [1.54, 1.807) is 6.07 Å². The first-order chi connectivity index (χ1) is 5.43. The van der Waals surface area contributed by atoms with Crippen molar-refractivity contribution in [1.82, 2.24) is 4.98 Å². The smallest absolute Gasteiger partial charge is 0.373 e. The molecule has 1 heterocycles. The Kier molecular flexibility index (Phi) is 4.67.